The number of nitrogens with one attached hydrogen (secondary N) is 3. The topological polar surface area (TPSA) is 96.5 Å². The number of para-hydroxylation sites is 2. The van der Waals surface area contributed by atoms with E-state index in [9.17, 15) is 14.4 Å². The van der Waals surface area contributed by atoms with Crippen molar-refractivity contribution in [1.82, 2.24) is 5.32 Å². The summed E-state index contributed by atoms with van der Waals surface area (Å²) >= 11 is 1.36. The second-order valence-electron chi connectivity index (χ2n) is 8.72. The van der Waals surface area contributed by atoms with E-state index < -0.39 is 17.1 Å². The molecule has 0 aliphatic heterocycles. The van der Waals surface area contributed by atoms with E-state index >= 15 is 0 Å². The number of thioether (sulfide) groups is 1. The molecule has 202 valence electrons. The Balaban J connectivity index is 1.46. The summed E-state index contributed by atoms with van der Waals surface area (Å²) in [6.45, 7) is 1.81. The second kappa shape index (κ2) is 13.8. The van der Waals surface area contributed by atoms with Crippen LogP contribution in [0.2, 0.25) is 0 Å². The second-order valence-corrected chi connectivity index (χ2v) is 10.1. The number of carbonyl (C=O) groups excluding carboxylic acids is 3. The van der Waals surface area contributed by atoms with Crippen molar-refractivity contribution in [2.75, 3.05) is 17.7 Å². The van der Waals surface area contributed by atoms with E-state index in [1.54, 1.807) is 74.7 Å². The molecule has 0 aliphatic carbocycles. The Morgan fingerprint density at radius 1 is 0.800 bits per heavy atom. The minimum atomic E-state index is -0.475. The van der Waals surface area contributed by atoms with Gasteiger partial charge in [0, 0.05) is 16.1 Å². The van der Waals surface area contributed by atoms with Gasteiger partial charge < -0.3 is 20.7 Å². The van der Waals surface area contributed by atoms with Gasteiger partial charge in [-0.1, -0.05) is 66.7 Å². The Hall–Kier alpha value is -4.82. The van der Waals surface area contributed by atoms with Crippen molar-refractivity contribution in [3.63, 3.8) is 0 Å². The molecule has 0 saturated carbocycles. The molecule has 0 radical (unpaired) electrons. The number of carbonyl (C=O) groups is 3. The van der Waals surface area contributed by atoms with Gasteiger partial charge in [0.1, 0.15) is 11.4 Å². The highest BCUT2D eigenvalue weighted by Crippen LogP contribution is 2.29. The Kier molecular flexibility index (Phi) is 9.74. The maximum Gasteiger partial charge on any atom is 0.272 e. The normalized spacial score (nSPS) is 11.7. The van der Waals surface area contributed by atoms with E-state index in [-0.39, 0.29) is 11.6 Å². The van der Waals surface area contributed by atoms with Crippen LogP contribution in [0.4, 0.5) is 11.4 Å². The lowest BCUT2D eigenvalue weighted by Crippen LogP contribution is -2.30. The number of methoxy groups -OCH3 is 1. The first-order valence-electron chi connectivity index (χ1n) is 12.6. The molecular weight excluding hydrogens is 522 g/mol. The minimum absolute atomic E-state index is 0.0997. The van der Waals surface area contributed by atoms with Crippen LogP contribution in [-0.4, -0.2) is 30.1 Å². The van der Waals surface area contributed by atoms with E-state index in [0.717, 1.165) is 10.5 Å². The van der Waals surface area contributed by atoms with Crippen LogP contribution in [0.3, 0.4) is 0 Å². The van der Waals surface area contributed by atoms with Crippen LogP contribution < -0.4 is 20.7 Å². The predicted molar refractivity (Wildman–Crippen MR) is 160 cm³/mol. The van der Waals surface area contributed by atoms with Crippen LogP contribution in [-0.2, 0) is 9.59 Å². The van der Waals surface area contributed by atoms with Gasteiger partial charge in [0.15, 0.2) is 0 Å². The monoisotopic (exact) mass is 551 g/mol. The van der Waals surface area contributed by atoms with Gasteiger partial charge in [0.25, 0.3) is 11.8 Å². The molecular formula is C32H29N3O4S. The van der Waals surface area contributed by atoms with Crippen LogP contribution in [0.15, 0.2) is 120 Å². The standard InChI is InChI=1S/C32H29N3O4S/c1-22(30(36)34-27-18-9-10-19-29(27)39-2)40-26-17-11-16-25(21-26)33-32(38)28(20-23-12-5-3-6-13-23)35-31(37)24-14-7-4-8-15-24/h3-22H,1-2H3,(H,33,38)(H,34,36)(H,35,37)/b28-20-. The average Bonchev–Trinajstić information content (AvgIpc) is 2.98. The first-order valence-corrected chi connectivity index (χ1v) is 13.5. The molecule has 3 amide bonds. The summed E-state index contributed by atoms with van der Waals surface area (Å²) in [7, 11) is 1.55. The summed E-state index contributed by atoms with van der Waals surface area (Å²) < 4.78 is 5.31. The molecule has 3 N–H and O–H groups in total. The van der Waals surface area contributed by atoms with Gasteiger partial charge in [-0.25, -0.2) is 0 Å². The molecule has 7 nitrogen and oxygen atoms in total. The van der Waals surface area contributed by atoms with Gasteiger partial charge in [0.05, 0.1) is 18.0 Å². The fourth-order valence-corrected chi connectivity index (χ4v) is 4.67. The maximum absolute atomic E-state index is 13.3. The molecule has 8 heteroatoms. The molecule has 0 aromatic heterocycles. The first kappa shape index (κ1) is 28.2. The van der Waals surface area contributed by atoms with Crippen LogP contribution in [0.5, 0.6) is 5.75 Å². The summed E-state index contributed by atoms with van der Waals surface area (Å²) in [5.41, 5.74) is 2.43. The Morgan fingerprint density at radius 3 is 2.20 bits per heavy atom. The average molecular weight is 552 g/mol. The van der Waals surface area contributed by atoms with Crippen LogP contribution in [0, 0.1) is 0 Å². The number of benzene rings is 4. The SMILES string of the molecule is COc1ccccc1NC(=O)C(C)Sc1cccc(NC(=O)/C(=C/c2ccccc2)NC(=O)c2ccccc2)c1. The van der Waals surface area contributed by atoms with Gasteiger partial charge in [-0.05, 0) is 61.0 Å². The fourth-order valence-electron chi connectivity index (χ4n) is 3.74. The smallest absolute Gasteiger partial charge is 0.272 e. The predicted octanol–water partition coefficient (Wildman–Crippen LogP) is 6.22. The van der Waals surface area contributed by atoms with Crippen molar-refractivity contribution in [3.05, 3.63) is 126 Å². The zero-order valence-electron chi connectivity index (χ0n) is 22.1. The lowest BCUT2D eigenvalue weighted by atomic mass is 10.1. The molecule has 0 aliphatic rings. The quantitative estimate of drug-likeness (QED) is 0.161. The molecule has 40 heavy (non-hydrogen) atoms. The van der Waals surface area contributed by atoms with E-state index in [1.807, 2.05) is 54.6 Å². The van der Waals surface area contributed by atoms with Crippen LogP contribution >= 0.6 is 11.8 Å². The molecule has 0 saturated heterocycles. The summed E-state index contributed by atoms with van der Waals surface area (Å²) in [4.78, 5) is 39.8. The number of hydrogen-bond acceptors (Lipinski definition) is 5. The maximum atomic E-state index is 13.3. The highest BCUT2D eigenvalue weighted by atomic mass is 32.2. The van der Waals surface area contributed by atoms with Crippen LogP contribution in [0.1, 0.15) is 22.8 Å². The first-order chi connectivity index (χ1) is 19.4. The Morgan fingerprint density at radius 2 is 1.48 bits per heavy atom. The zero-order chi connectivity index (χ0) is 28.3. The molecule has 4 aromatic rings. The van der Waals surface area contributed by atoms with Crippen molar-refractivity contribution in [1.29, 1.82) is 0 Å². The summed E-state index contributed by atoms with van der Waals surface area (Å²) in [5.74, 6) is -0.466. The third-order valence-electron chi connectivity index (χ3n) is 5.78. The van der Waals surface area contributed by atoms with Crippen molar-refractivity contribution < 1.29 is 19.1 Å². The van der Waals surface area contributed by atoms with Gasteiger partial charge in [0.2, 0.25) is 5.91 Å². The number of hydrogen-bond donors (Lipinski definition) is 3. The summed E-state index contributed by atoms with van der Waals surface area (Å²) in [6.07, 6.45) is 1.62. The highest BCUT2D eigenvalue weighted by molar-refractivity contribution is 8.00. The molecule has 0 bridgehead atoms. The van der Waals surface area contributed by atoms with E-state index in [1.165, 1.54) is 11.8 Å². The molecule has 1 unspecified atom stereocenters. The summed E-state index contributed by atoms with van der Waals surface area (Å²) in [5, 5.41) is 8.08. The molecule has 1 atom stereocenters. The lowest BCUT2D eigenvalue weighted by Gasteiger charge is -2.15. The Labute approximate surface area is 237 Å². The highest BCUT2D eigenvalue weighted by Gasteiger charge is 2.18. The molecule has 0 heterocycles. The van der Waals surface area contributed by atoms with Crippen LogP contribution in [0.25, 0.3) is 6.08 Å². The molecule has 0 spiro atoms. The van der Waals surface area contributed by atoms with Crippen molar-refractivity contribution >= 4 is 46.9 Å². The summed E-state index contributed by atoms with van der Waals surface area (Å²) in [6, 6.07) is 32.4. The van der Waals surface area contributed by atoms with Gasteiger partial charge >= 0.3 is 0 Å². The minimum Gasteiger partial charge on any atom is -0.495 e. The number of rotatable bonds is 10. The molecule has 0 fully saturated rings. The number of amides is 3. The lowest BCUT2D eigenvalue weighted by molar-refractivity contribution is -0.115. The largest absolute Gasteiger partial charge is 0.495 e. The number of anilines is 2. The third kappa shape index (κ3) is 7.85. The van der Waals surface area contributed by atoms with Gasteiger partial charge in [-0.2, -0.15) is 0 Å². The van der Waals surface area contributed by atoms with Crippen molar-refractivity contribution in [2.45, 2.75) is 17.1 Å². The third-order valence-corrected chi connectivity index (χ3v) is 6.87. The van der Waals surface area contributed by atoms with Gasteiger partial charge in [-0.3, -0.25) is 14.4 Å². The number of ether oxygens (including phenoxy) is 1. The van der Waals surface area contributed by atoms with E-state index in [4.69, 9.17) is 4.74 Å². The zero-order valence-corrected chi connectivity index (χ0v) is 22.9. The van der Waals surface area contributed by atoms with Crippen molar-refractivity contribution in [3.8, 4) is 5.75 Å². The Bertz CT molecular complexity index is 1510. The molecule has 4 rings (SSSR count). The van der Waals surface area contributed by atoms with Gasteiger partial charge in [-0.15, -0.1) is 11.8 Å². The van der Waals surface area contributed by atoms with E-state index in [2.05, 4.69) is 16.0 Å². The fraction of sp³-hybridized carbons (Fsp3) is 0.0938. The van der Waals surface area contributed by atoms with E-state index in [0.29, 0.717) is 22.7 Å². The molecule has 4 aromatic carbocycles. The van der Waals surface area contributed by atoms with Crippen molar-refractivity contribution in [2.24, 2.45) is 0 Å².